The molecule has 0 saturated carbocycles. The highest BCUT2D eigenvalue weighted by Gasteiger charge is 2.36. The largest absolute Gasteiger partial charge is 0.496 e. The molecule has 152 valence electrons. The lowest BCUT2D eigenvalue weighted by Gasteiger charge is -2.25. The van der Waals surface area contributed by atoms with E-state index in [2.05, 4.69) is 16.3 Å². The molecule has 1 aliphatic rings. The number of benzene rings is 3. The third-order valence-electron chi connectivity index (χ3n) is 5.52. The molecule has 0 bridgehead atoms. The second kappa shape index (κ2) is 7.18. The standard InChI is InChI=1S/C24H17FN4O2/c1-30-19-11-10-17(15-4-2-3-5-16(15)19)20-18(12-26)23(27)31-24-21(20)22(28-29-24)13-6-8-14(25)9-7-13/h2-11,20H,27H2,1H3,(H,28,29)/t20-/m0/s1. The summed E-state index contributed by atoms with van der Waals surface area (Å²) in [6.45, 7) is 0. The van der Waals surface area contributed by atoms with Gasteiger partial charge >= 0.3 is 0 Å². The van der Waals surface area contributed by atoms with Gasteiger partial charge in [0.15, 0.2) is 0 Å². The number of methoxy groups -OCH3 is 1. The number of nitrogens with zero attached hydrogens (tertiary/aromatic N) is 2. The summed E-state index contributed by atoms with van der Waals surface area (Å²) in [6, 6.07) is 19.9. The number of aromatic nitrogens is 2. The van der Waals surface area contributed by atoms with Crippen LogP contribution in [0.5, 0.6) is 11.6 Å². The Labute approximate surface area is 177 Å². The maximum Gasteiger partial charge on any atom is 0.244 e. The van der Waals surface area contributed by atoms with Gasteiger partial charge in [-0.3, -0.25) is 5.10 Å². The first-order valence-electron chi connectivity index (χ1n) is 9.59. The van der Waals surface area contributed by atoms with Gasteiger partial charge in [-0.2, -0.15) is 5.26 Å². The maximum absolute atomic E-state index is 13.5. The van der Waals surface area contributed by atoms with Crippen molar-refractivity contribution in [1.29, 1.82) is 5.26 Å². The fourth-order valence-corrected chi connectivity index (χ4v) is 4.12. The summed E-state index contributed by atoms with van der Waals surface area (Å²) < 4.78 is 24.7. The Kier molecular flexibility index (Phi) is 4.33. The van der Waals surface area contributed by atoms with Gasteiger partial charge in [-0.1, -0.05) is 30.3 Å². The minimum atomic E-state index is -0.525. The molecule has 7 heteroatoms. The number of H-pyrrole nitrogens is 1. The van der Waals surface area contributed by atoms with Gasteiger partial charge in [0, 0.05) is 10.9 Å². The van der Waals surface area contributed by atoms with Gasteiger partial charge in [-0.15, -0.1) is 5.10 Å². The zero-order valence-corrected chi connectivity index (χ0v) is 16.5. The van der Waals surface area contributed by atoms with Crippen molar-refractivity contribution in [3.8, 4) is 29.0 Å². The topological polar surface area (TPSA) is 96.9 Å². The Bertz CT molecular complexity index is 1380. The van der Waals surface area contributed by atoms with Gasteiger partial charge in [-0.25, -0.2) is 4.39 Å². The van der Waals surface area contributed by atoms with Crippen LogP contribution in [0.2, 0.25) is 0 Å². The molecule has 0 unspecified atom stereocenters. The molecule has 3 N–H and O–H groups in total. The number of nitrogens with one attached hydrogen (secondary N) is 1. The molecule has 4 aromatic rings. The molecule has 0 fully saturated rings. The zero-order valence-electron chi connectivity index (χ0n) is 16.5. The molecular formula is C24H17FN4O2. The molecule has 0 radical (unpaired) electrons. The van der Waals surface area contributed by atoms with E-state index < -0.39 is 5.92 Å². The summed E-state index contributed by atoms with van der Waals surface area (Å²) >= 11 is 0. The van der Waals surface area contributed by atoms with E-state index in [0.29, 0.717) is 17.1 Å². The third kappa shape index (κ3) is 2.89. The number of halogens is 1. The van der Waals surface area contributed by atoms with Crippen molar-refractivity contribution in [2.24, 2.45) is 5.73 Å². The Morgan fingerprint density at radius 1 is 1.10 bits per heavy atom. The number of allylic oxidation sites excluding steroid dienone is 1. The normalized spacial score (nSPS) is 15.3. The number of hydrogen-bond donors (Lipinski definition) is 2. The molecule has 5 rings (SSSR count). The first-order valence-corrected chi connectivity index (χ1v) is 9.59. The van der Waals surface area contributed by atoms with Crippen LogP contribution in [0.25, 0.3) is 22.0 Å². The number of nitriles is 1. The highest BCUT2D eigenvalue weighted by atomic mass is 19.1. The van der Waals surface area contributed by atoms with Crippen LogP contribution in [0.15, 0.2) is 72.1 Å². The molecule has 3 aromatic carbocycles. The van der Waals surface area contributed by atoms with Gasteiger partial charge in [0.05, 0.1) is 24.3 Å². The molecule has 2 heterocycles. The average molecular weight is 412 g/mol. The summed E-state index contributed by atoms with van der Waals surface area (Å²) in [4.78, 5) is 0. The Balaban J connectivity index is 1.81. The summed E-state index contributed by atoms with van der Waals surface area (Å²) in [5.41, 5.74) is 9.29. The highest BCUT2D eigenvalue weighted by Crippen LogP contribution is 2.48. The van der Waals surface area contributed by atoms with E-state index in [1.807, 2.05) is 36.4 Å². The van der Waals surface area contributed by atoms with Crippen molar-refractivity contribution >= 4 is 10.8 Å². The highest BCUT2D eigenvalue weighted by molar-refractivity contribution is 5.93. The lowest BCUT2D eigenvalue weighted by atomic mass is 9.81. The van der Waals surface area contributed by atoms with Crippen LogP contribution in [-0.2, 0) is 0 Å². The lowest BCUT2D eigenvalue weighted by molar-refractivity contribution is 0.379. The van der Waals surface area contributed by atoms with Crippen LogP contribution in [0.3, 0.4) is 0 Å². The molecule has 0 aliphatic carbocycles. The summed E-state index contributed by atoms with van der Waals surface area (Å²) in [5, 5.41) is 19.0. The molecule has 1 atom stereocenters. The molecule has 0 amide bonds. The van der Waals surface area contributed by atoms with E-state index in [1.54, 1.807) is 19.2 Å². The number of ether oxygens (including phenoxy) is 2. The van der Waals surface area contributed by atoms with Gasteiger partial charge in [-0.05, 0) is 41.3 Å². The van der Waals surface area contributed by atoms with Gasteiger partial charge in [0.2, 0.25) is 11.8 Å². The van der Waals surface area contributed by atoms with E-state index in [1.165, 1.54) is 12.1 Å². The van der Waals surface area contributed by atoms with Crippen molar-refractivity contribution in [3.05, 3.63) is 89.1 Å². The molecule has 0 saturated heterocycles. The van der Waals surface area contributed by atoms with E-state index in [4.69, 9.17) is 15.2 Å². The molecule has 0 spiro atoms. The van der Waals surface area contributed by atoms with Crippen LogP contribution >= 0.6 is 0 Å². The molecule has 1 aliphatic heterocycles. The van der Waals surface area contributed by atoms with E-state index in [-0.39, 0.29) is 17.3 Å². The number of fused-ring (bicyclic) bond motifs is 2. The summed E-state index contributed by atoms with van der Waals surface area (Å²) in [6.07, 6.45) is 0. The van der Waals surface area contributed by atoms with Crippen LogP contribution < -0.4 is 15.2 Å². The fraction of sp³-hybridized carbons (Fsp3) is 0.0833. The van der Waals surface area contributed by atoms with Crippen LogP contribution in [-0.4, -0.2) is 17.3 Å². The smallest absolute Gasteiger partial charge is 0.244 e. The predicted molar refractivity (Wildman–Crippen MR) is 114 cm³/mol. The zero-order chi connectivity index (χ0) is 21.5. The van der Waals surface area contributed by atoms with Crippen LogP contribution in [0.1, 0.15) is 17.0 Å². The molecule has 6 nitrogen and oxygen atoms in total. The summed E-state index contributed by atoms with van der Waals surface area (Å²) in [5.74, 6) is 0.169. The van der Waals surface area contributed by atoms with Gasteiger partial charge < -0.3 is 15.2 Å². The quantitative estimate of drug-likeness (QED) is 0.513. The molecule has 1 aromatic heterocycles. The monoisotopic (exact) mass is 412 g/mol. The lowest BCUT2D eigenvalue weighted by Crippen LogP contribution is -2.21. The first-order chi connectivity index (χ1) is 15.1. The van der Waals surface area contributed by atoms with E-state index in [9.17, 15) is 9.65 Å². The van der Waals surface area contributed by atoms with Crippen LogP contribution in [0, 0.1) is 17.1 Å². The van der Waals surface area contributed by atoms with Crippen molar-refractivity contribution in [2.75, 3.05) is 7.11 Å². The number of aromatic amines is 1. The van der Waals surface area contributed by atoms with Crippen molar-refractivity contribution in [1.82, 2.24) is 10.2 Å². The first kappa shape index (κ1) is 18.7. The van der Waals surface area contributed by atoms with Crippen LogP contribution in [0.4, 0.5) is 4.39 Å². The maximum atomic E-state index is 13.5. The van der Waals surface area contributed by atoms with Crippen molar-refractivity contribution in [2.45, 2.75) is 5.92 Å². The second-order valence-corrected chi connectivity index (χ2v) is 7.15. The summed E-state index contributed by atoms with van der Waals surface area (Å²) in [7, 11) is 1.62. The minimum Gasteiger partial charge on any atom is -0.496 e. The third-order valence-corrected chi connectivity index (χ3v) is 5.52. The van der Waals surface area contributed by atoms with Crippen molar-refractivity contribution in [3.63, 3.8) is 0 Å². The molecular weight excluding hydrogens is 395 g/mol. The van der Waals surface area contributed by atoms with Gasteiger partial charge in [0.1, 0.15) is 23.2 Å². The Morgan fingerprint density at radius 2 is 1.84 bits per heavy atom. The SMILES string of the molecule is COc1ccc([C@H]2C(C#N)=C(N)Oc3n[nH]c(-c4ccc(F)cc4)c32)c2ccccc12. The number of hydrogen-bond acceptors (Lipinski definition) is 5. The van der Waals surface area contributed by atoms with E-state index in [0.717, 1.165) is 27.6 Å². The number of nitrogens with two attached hydrogens (primary N) is 1. The second-order valence-electron chi connectivity index (χ2n) is 7.15. The van der Waals surface area contributed by atoms with Gasteiger partial charge in [0.25, 0.3) is 0 Å². The minimum absolute atomic E-state index is 0.0112. The number of rotatable bonds is 3. The predicted octanol–water partition coefficient (Wildman–Crippen LogP) is 4.60. The Hall–Kier alpha value is -4.31. The molecule has 31 heavy (non-hydrogen) atoms. The fourth-order valence-electron chi connectivity index (χ4n) is 4.12. The van der Waals surface area contributed by atoms with E-state index >= 15 is 0 Å². The van der Waals surface area contributed by atoms with Crippen molar-refractivity contribution < 1.29 is 13.9 Å². The Morgan fingerprint density at radius 3 is 2.55 bits per heavy atom. The average Bonchev–Trinajstić information content (AvgIpc) is 3.21.